The van der Waals surface area contributed by atoms with E-state index in [1.807, 2.05) is 72.3 Å². The molecule has 0 radical (unpaired) electrons. The summed E-state index contributed by atoms with van der Waals surface area (Å²) in [5, 5.41) is 40.0. The number of aromatic amines is 1. The Kier molecular flexibility index (Phi) is 24.8. The molecule has 4 aromatic heterocycles. The van der Waals surface area contributed by atoms with Gasteiger partial charge in [-0.2, -0.15) is 15.7 Å². The van der Waals surface area contributed by atoms with Gasteiger partial charge in [0.2, 0.25) is 5.82 Å². The molecule has 8 aliphatic rings. The van der Waals surface area contributed by atoms with Crippen molar-refractivity contribution in [2.45, 2.75) is 128 Å². The zero-order chi connectivity index (χ0) is 76.0. The average molecular weight is 1620 g/mol. The van der Waals surface area contributed by atoms with E-state index in [-0.39, 0.29) is 0 Å². The Morgan fingerprint density at radius 1 is 0.402 bits per heavy atom. The van der Waals surface area contributed by atoms with Crippen LogP contribution in [0.25, 0.3) is 11.4 Å². The molecule has 112 heavy (non-hydrogen) atoms. The summed E-state index contributed by atoms with van der Waals surface area (Å²) in [6, 6.07) is 84.1. The summed E-state index contributed by atoms with van der Waals surface area (Å²) in [4.78, 5) is 48.0. The number of pyridine rings is 3. The first-order valence-electron chi connectivity index (χ1n) is 38.3. The molecule has 12 heterocycles. The first kappa shape index (κ1) is 75.9. The molecule has 0 unspecified atom stereocenters. The van der Waals surface area contributed by atoms with Crippen molar-refractivity contribution in [2.24, 2.45) is 0 Å². The Morgan fingerprint density at radius 3 is 1.14 bits per heavy atom. The van der Waals surface area contributed by atoms with E-state index < -0.39 is 0 Å². The van der Waals surface area contributed by atoms with Crippen molar-refractivity contribution in [2.75, 3.05) is 72.0 Å². The van der Waals surface area contributed by atoms with Gasteiger partial charge in [-0.05, 0) is 240 Å². The molecule has 12 aromatic rings. The van der Waals surface area contributed by atoms with E-state index in [4.69, 9.17) is 5.26 Å². The van der Waals surface area contributed by atoms with Crippen LogP contribution in [0.4, 0.5) is 45.5 Å². The van der Waals surface area contributed by atoms with Gasteiger partial charge in [0.25, 0.3) is 0 Å². The number of aromatic nitrogens is 7. The minimum atomic E-state index is 0.462. The highest BCUT2D eigenvalue weighted by Gasteiger charge is 2.36. The molecular weight excluding hydrogens is 1530 g/mol. The van der Waals surface area contributed by atoms with Crippen LogP contribution in [0.3, 0.4) is 0 Å². The minimum absolute atomic E-state index is 0.462. The van der Waals surface area contributed by atoms with Gasteiger partial charge in [-0.25, -0.2) is 0 Å². The van der Waals surface area contributed by atoms with Crippen LogP contribution in [-0.2, 0) is 13.1 Å². The number of rotatable bonds is 10. The Hall–Kier alpha value is -10.2. The fourth-order valence-corrected chi connectivity index (χ4v) is 20.9. The van der Waals surface area contributed by atoms with E-state index in [9.17, 15) is 10.1 Å². The fraction of sp³-hybridized carbons (Fsp3) is 0.247. The number of nitriles is 2. The van der Waals surface area contributed by atoms with Gasteiger partial charge in [0.1, 0.15) is 5.69 Å². The van der Waals surface area contributed by atoms with Gasteiger partial charge in [-0.1, -0.05) is 130 Å². The average Bonchev–Trinajstić information content (AvgIpc) is 0.858. The zero-order valence-corrected chi connectivity index (χ0v) is 66.7. The zero-order valence-electron chi connectivity index (χ0n) is 61.9. The van der Waals surface area contributed by atoms with Gasteiger partial charge < -0.3 is 30.2 Å². The molecule has 0 amide bonds. The molecule has 3 N–H and O–H groups in total. The number of halogens is 1. The van der Waals surface area contributed by atoms with Crippen LogP contribution in [0.1, 0.15) is 84.4 Å². The van der Waals surface area contributed by atoms with Crippen molar-refractivity contribution in [3.05, 3.63) is 276 Å². The summed E-state index contributed by atoms with van der Waals surface area (Å²) < 4.78 is 1.15. The maximum absolute atomic E-state index is 9.94. The number of fused-ring (bicyclic) bond motifs is 8. The number of nitrogens with one attached hydrogen (secondary N) is 3. The fourth-order valence-electron chi connectivity index (χ4n) is 15.9. The van der Waals surface area contributed by atoms with E-state index in [2.05, 4.69) is 274 Å². The number of nitrogens with zero attached hydrogens (tertiary/aromatic N) is 14. The number of benzene rings is 8. The van der Waals surface area contributed by atoms with Crippen molar-refractivity contribution in [3.8, 4) is 23.5 Å². The Balaban J connectivity index is 0.000000110. The molecule has 23 heteroatoms. The van der Waals surface area contributed by atoms with Crippen molar-refractivity contribution in [1.82, 2.24) is 56.0 Å². The number of aldehydes is 1. The van der Waals surface area contributed by atoms with Gasteiger partial charge in [-0.15, -0.1) is 10.2 Å². The molecule has 562 valence electrons. The Morgan fingerprint density at radius 2 is 0.768 bits per heavy atom. The lowest BCUT2D eigenvalue weighted by Gasteiger charge is -2.42. The molecule has 4 fully saturated rings. The number of likely N-dealkylation sites (tertiary alicyclic amines) is 2. The molecule has 0 saturated carbocycles. The topological polar surface area (TPSA) is 201 Å². The van der Waals surface area contributed by atoms with E-state index >= 15 is 0 Å². The number of hydrogen-bond acceptors (Lipinski definition) is 21. The number of para-hydroxylation sites is 4. The monoisotopic (exact) mass is 1610 g/mol. The van der Waals surface area contributed by atoms with Crippen LogP contribution >= 0.6 is 63.0 Å². The molecule has 8 aromatic carbocycles. The highest BCUT2D eigenvalue weighted by Crippen LogP contribution is 2.55. The van der Waals surface area contributed by atoms with Crippen LogP contribution in [0.5, 0.6) is 0 Å². The van der Waals surface area contributed by atoms with Gasteiger partial charge >= 0.3 is 0 Å². The summed E-state index contributed by atoms with van der Waals surface area (Å²) in [5.74, 6) is 0.627. The smallest absolute Gasteiger partial charge is 0.204 e. The van der Waals surface area contributed by atoms with E-state index in [0.717, 1.165) is 143 Å². The molecule has 0 spiro atoms. The van der Waals surface area contributed by atoms with Crippen LogP contribution in [0.15, 0.2) is 287 Å². The number of piperidine rings is 4. The number of carbonyl (C=O) groups is 1. The first-order valence-corrected chi connectivity index (χ1v) is 42.4. The molecule has 18 nitrogen and oxygen atoms in total. The minimum Gasteiger partial charge on any atom is -0.336 e. The highest BCUT2D eigenvalue weighted by molar-refractivity contribution is 9.10. The van der Waals surface area contributed by atoms with E-state index in [1.165, 1.54) is 97.5 Å². The maximum atomic E-state index is 9.94. The Bertz CT molecular complexity index is 5280. The van der Waals surface area contributed by atoms with Crippen LogP contribution in [0, 0.1) is 22.7 Å². The molecule has 0 bridgehead atoms. The van der Waals surface area contributed by atoms with Crippen LogP contribution in [0.2, 0.25) is 0 Å². The molecule has 0 atom stereocenters. The number of anilines is 8. The predicted molar refractivity (Wildman–Crippen MR) is 453 cm³/mol. The van der Waals surface area contributed by atoms with Crippen molar-refractivity contribution in [3.63, 3.8) is 0 Å². The molecule has 0 aliphatic carbocycles. The molecular formula is C89H84BrN17OS4. The largest absolute Gasteiger partial charge is 0.336 e. The van der Waals surface area contributed by atoms with Gasteiger partial charge in [0.15, 0.2) is 6.29 Å². The third-order valence-corrected chi connectivity index (χ3v) is 26.2. The second-order valence-electron chi connectivity index (χ2n) is 28.4. The van der Waals surface area contributed by atoms with Crippen LogP contribution < -0.4 is 30.2 Å². The summed E-state index contributed by atoms with van der Waals surface area (Å²) >= 11 is 10.8. The number of tetrazole rings is 1. The quantitative estimate of drug-likeness (QED) is 0.109. The highest BCUT2D eigenvalue weighted by atomic mass is 79.9. The normalized spacial score (nSPS) is 16.5. The lowest BCUT2D eigenvalue weighted by molar-refractivity contribution is 0.111. The third-order valence-electron chi connectivity index (χ3n) is 21.3. The summed E-state index contributed by atoms with van der Waals surface area (Å²) in [7, 11) is 0. The Labute approximate surface area is 680 Å². The maximum Gasteiger partial charge on any atom is 0.204 e. The lowest BCUT2D eigenvalue weighted by Crippen LogP contribution is -2.43. The van der Waals surface area contributed by atoms with Crippen molar-refractivity contribution >= 4 is 115 Å². The van der Waals surface area contributed by atoms with Crippen LogP contribution in [-0.4, -0.2) is 128 Å². The molecule has 4 saturated heterocycles. The van der Waals surface area contributed by atoms with Gasteiger partial charge in [-0.3, -0.25) is 29.5 Å². The third kappa shape index (κ3) is 17.7. The lowest BCUT2D eigenvalue weighted by atomic mass is 10.00. The van der Waals surface area contributed by atoms with Crippen molar-refractivity contribution in [1.29, 1.82) is 10.5 Å². The van der Waals surface area contributed by atoms with Gasteiger partial charge in [0, 0.05) is 131 Å². The predicted octanol–water partition coefficient (Wildman–Crippen LogP) is 19.4. The summed E-state index contributed by atoms with van der Waals surface area (Å²) in [6.07, 6.45) is 15.2. The molecule has 20 rings (SSSR count). The number of hydrogen-bond donors (Lipinski definition) is 3. The first-order chi connectivity index (χ1) is 55.3. The van der Waals surface area contributed by atoms with Gasteiger partial charge in [0.05, 0.1) is 80.2 Å². The SMILES string of the molecule is Brc1ccc2c(c1)Sc1ccccc1N2C1CCNCC1.N#Cc1ccc2c(c1)Sc1ccccc1N2C1CCN(Cc2ccccn2)CC1.N#Cc1ccc2c(c1)Sc1ccccc1N2C1CCNCC1.O=Cc1ccccn1.c1ccc(CN2CCC(N3c4ccccc4Sc4cc(-c5nn[nH]n5)ccc43)CC2)nc1. The summed E-state index contributed by atoms with van der Waals surface area (Å²) in [6.45, 7) is 10.5. The molecule has 8 aliphatic heterocycles. The van der Waals surface area contributed by atoms with E-state index in [1.54, 1.807) is 47.9 Å². The standard InChI is InChI=1S/C24H23N7S.C24H22N4S.C18H17N3S.C17H17BrN2S.C6H5NO/c1-2-7-22-20(6-1)31(19-10-13-30(14-11-19)16-18-5-3-4-12-25-18)21-9-8-17(15-23(21)32-22)24-26-28-29-27-24;25-16-18-8-9-22-24(15-18)29-23-7-2-1-6-21(23)28(22)20-10-13-27(14-11-20)17-19-5-3-4-12-26-19;19-12-13-5-6-16-18(11-13)22-17-4-2-1-3-15(17)21(16)14-7-9-20-10-8-14;18-12-5-6-15-17(11-12)21-16-4-2-1-3-14(16)20(15)13-7-9-19-10-8-13;8-5-6-3-1-2-4-7-6/h1-9,12,15,19H,10-11,13-14,16H2,(H,26,27,28,29);1-9,12,15,20H,10-11,13-14,17H2;1-6,11,14,20H,7-10H2;1-6,11,13,19H,7-10H2;1-5H. The van der Waals surface area contributed by atoms with E-state index in [0.29, 0.717) is 35.7 Å². The van der Waals surface area contributed by atoms with Crippen molar-refractivity contribution < 1.29 is 4.79 Å². The number of carbonyl (C=O) groups excluding carboxylic acids is 1. The second kappa shape index (κ2) is 36.6. The second-order valence-corrected chi connectivity index (χ2v) is 33.6. The summed E-state index contributed by atoms with van der Waals surface area (Å²) in [5.41, 5.74) is 15.6. The number of H-pyrrole nitrogens is 1.